The van der Waals surface area contributed by atoms with Gasteiger partial charge in [0, 0.05) is 30.6 Å². The van der Waals surface area contributed by atoms with Gasteiger partial charge in [0.1, 0.15) is 11.3 Å². The van der Waals surface area contributed by atoms with E-state index in [0.717, 1.165) is 23.4 Å². The van der Waals surface area contributed by atoms with Crippen molar-refractivity contribution in [3.63, 3.8) is 0 Å². The molecule has 0 saturated heterocycles. The Hall–Kier alpha value is -1.43. The van der Waals surface area contributed by atoms with Crippen molar-refractivity contribution >= 4 is 34.1 Å². The number of imidazole rings is 1. The fourth-order valence-corrected chi connectivity index (χ4v) is 3.05. The number of aliphatic hydroxyl groups excluding tert-OH is 1. The van der Waals surface area contributed by atoms with Crippen LogP contribution in [0.1, 0.15) is 17.1 Å². The molecule has 0 spiro atoms. The van der Waals surface area contributed by atoms with Crippen molar-refractivity contribution in [3.8, 4) is 0 Å². The Morgan fingerprint density at radius 1 is 1.40 bits per heavy atom. The van der Waals surface area contributed by atoms with E-state index in [1.807, 2.05) is 12.1 Å². The Bertz CT molecular complexity index is 709. The highest BCUT2D eigenvalue weighted by Gasteiger charge is 2.13. The van der Waals surface area contributed by atoms with Crippen LogP contribution in [0, 0.1) is 0 Å². The summed E-state index contributed by atoms with van der Waals surface area (Å²) in [6, 6.07) is 5.97. The average Bonchev–Trinajstić information content (AvgIpc) is 3.04. The number of hydrogen-bond acceptors (Lipinski definition) is 4. The standard InChI is InChI=1S/C14H14ClN3OS/c15-10-7-12-14(16-9-10)18(4-2-5-19)13(17-12)8-11-3-1-6-20-11/h1,3,6-7,9,19H,2,4-5,8H2. The van der Waals surface area contributed by atoms with E-state index in [9.17, 15) is 0 Å². The van der Waals surface area contributed by atoms with Gasteiger partial charge in [0.15, 0.2) is 5.65 Å². The van der Waals surface area contributed by atoms with E-state index >= 15 is 0 Å². The number of halogens is 1. The number of fused-ring (bicyclic) bond motifs is 1. The van der Waals surface area contributed by atoms with Gasteiger partial charge in [0.05, 0.1) is 5.02 Å². The van der Waals surface area contributed by atoms with Crippen molar-refractivity contribution < 1.29 is 5.11 Å². The second kappa shape index (κ2) is 5.91. The number of nitrogens with zero attached hydrogens (tertiary/aromatic N) is 3. The smallest absolute Gasteiger partial charge is 0.160 e. The second-order valence-electron chi connectivity index (χ2n) is 4.51. The monoisotopic (exact) mass is 307 g/mol. The summed E-state index contributed by atoms with van der Waals surface area (Å²) >= 11 is 7.69. The molecule has 104 valence electrons. The van der Waals surface area contributed by atoms with Crippen molar-refractivity contribution in [1.29, 1.82) is 0 Å². The number of pyridine rings is 1. The zero-order valence-corrected chi connectivity index (χ0v) is 12.4. The molecular weight excluding hydrogens is 294 g/mol. The van der Waals surface area contributed by atoms with Gasteiger partial charge < -0.3 is 9.67 Å². The number of rotatable bonds is 5. The van der Waals surface area contributed by atoms with Crippen LogP contribution in [0.4, 0.5) is 0 Å². The molecule has 0 aliphatic heterocycles. The molecule has 6 heteroatoms. The summed E-state index contributed by atoms with van der Waals surface area (Å²) < 4.78 is 2.07. The maximum absolute atomic E-state index is 9.06. The third kappa shape index (κ3) is 2.70. The molecule has 0 aliphatic rings. The van der Waals surface area contributed by atoms with Gasteiger partial charge in [-0.25, -0.2) is 9.97 Å². The minimum atomic E-state index is 0.158. The molecule has 4 nitrogen and oxygen atoms in total. The first-order chi connectivity index (χ1) is 9.78. The SMILES string of the molecule is OCCCn1c(Cc2cccs2)nc2cc(Cl)cnc21. The Kier molecular flexibility index (Phi) is 4.00. The van der Waals surface area contributed by atoms with Crippen LogP contribution in [-0.2, 0) is 13.0 Å². The topological polar surface area (TPSA) is 50.9 Å². The normalized spacial score (nSPS) is 11.3. The van der Waals surface area contributed by atoms with Crippen LogP contribution in [0.2, 0.25) is 5.02 Å². The third-order valence-electron chi connectivity index (χ3n) is 3.08. The third-order valence-corrected chi connectivity index (χ3v) is 4.17. The molecule has 0 fully saturated rings. The quantitative estimate of drug-likeness (QED) is 0.788. The number of aliphatic hydroxyl groups is 1. The number of aryl methyl sites for hydroxylation is 1. The van der Waals surface area contributed by atoms with Crippen LogP contribution in [-0.4, -0.2) is 26.2 Å². The highest BCUT2D eigenvalue weighted by atomic mass is 35.5. The second-order valence-corrected chi connectivity index (χ2v) is 5.98. The predicted molar refractivity (Wildman–Crippen MR) is 81.4 cm³/mol. The Balaban J connectivity index is 2.03. The lowest BCUT2D eigenvalue weighted by molar-refractivity contribution is 0.280. The Labute approximate surface area is 125 Å². The molecule has 0 bridgehead atoms. The Morgan fingerprint density at radius 3 is 3.05 bits per heavy atom. The van der Waals surface area contributed by atoms with Gasteiger partial charge >= 0.3 is 0 Å². The van der Waals surface area contributed by atoms with Crippen LogP contribution in [0.15, 0.2) is 29.8 Å². The molecule has 3 heterocycles. The lowest BCUT2D eigenvalue weighted by atomic mass is 10.3. The zero-order valence-electron chi connectivity index (χ0n) is 10.8. The first-order valence-corrected chi connectivity index (χ1v) is 7.67. The molecule has 0 aromatic carbocycles. The molecule has 3 aromatic rings. The number of thiophene rings is 1. The average molecular weight is 308 g/mol. The largest absolute Gasteiger partial charge is 0.396 e. The van der Waals surface area contributed by atoms with Crippen LogP contribution in [0.5, 0.6) is 0 Å². The van der Waals surface area contributed by atoms with Gasteiger partial charge in [-0.15, -0.1) is 11.3 Å². The summed E-state index contributed by atoms with van der Waals surface area (Å²) in [5.41, 5.74) is 1.64. The maximum Gasteiger partial charge on any atom is 0.160 e. The summed E-state index contributed by atoms with van der Waals surface area (Å²) in [6.07, 6.45) is 3.10. The van der Waals surface area contributed by atoms with Gasteiger partial charge in [0.2, 0.25) is 0 Å². The van der Waals surface area contributed by atoms with Gasteiger partial charge in [-0.05, 0) is 23.9 Å². The molecule has 1 N–H and O–H groups in total. The van der Waals surface area contributed by atoms with E-state index in [-0.39, 0.29) is 6.61 Å². The lowest BCUT2D eigenvalue weighted by Crippen LogP contribution is -2.06. The van der Waals surface area contributed by atoms with Crippen molar-refractivity contribution in [2.24, 2.45) is 0 Å². The molecule has 0 atom stereocenters. The summed E-state index contributed by atoms with van der Waals surface area (Å²) in [5, 5.41) is 11.7. The minimum absolute atomic E-state index is 0.158. The molecule has 0 unspecified atom stereocenters. The van der Waals surface area contributed by atoms with E-state index in [2.05, 4.69) is 26.0 Å². The van der Waals surface area contributed by atoms with E-state index in [1.165, 1.54) is 4.88 Å². The van der Waals surface area contributed by atoms with Crippen molar-refractivity contribution in [2.45, 2.75) is 19.4 Å². The highest BCUT2D eigenvalue weighted by molar-refractivity contribution is 7.09. The van der Waals surface area contributed by atoms with E-state index in [1.54, 1.807) is 17.5 Å². The van der Waals surface area contributed by atoms with Gasteiger partial charge in [-0.1, -0.05) is 17.7 Å². The first kappa shape index (κ1) is 13.5. The number of hydrogen-bond donors (Lipinski definition) is 1. The summed E-state index contributed by atoms with van der Waals surface area (Å²) in [7, 11) is 0. The summed E-state index contributed by atoms with van der Waals surface area (Å²) in [4.78, 5) is 10.3. The Morgan fingerprint density at radius 2 is 2.30 bits per heavy atom. The molecule has 0 aliphatic carbocycles. The molecule has 0 amide bonds. The summed E-state index contributed by atoms with van der Waals surface area (Å²) in [5.74, 6) is 0.964. The lowest BCUT2D eigenvalue weighted by Gasteiger charge is -2.06. The van der Waals surface area contributed by atoms with Gasteiger partial charge in [0.25, 0.3) is 0 Å². The summed E-state index contributed by atoms with van der Waals surface area (Å²) in [6.45, 7) is 0.869. The van der Waals surface area contributed by atoms with Crippen molar-refractivity contribution in [1.82, 2.24) is 14.5 Å². The van der Waals surface area contributed by atoms with E-state index < -0.39 is 0 Å². The molecule has 3 rings (SSSR count). The zero-order chi connectivity index (χ0) is 13.9. The number of aromatic nitrogens is 3. The van der Waals surface area contributed by atoms with Crippen LogP contribution >= 0.6 is 22.9 Å². The minimum Gasteiger partial charge on any atom is -0.396 e. The fraction of sp³-hybridized carbons (Fsp3) is 0.286. The maximum atomic E-state index is 9.06. The predicted octanol–water partition coefficient (Wildman–Crippen LogP) is 3.12. The van der Waals surface area contributed by atoms with Crippen molar-refractivity contribution in [3.05, 3.63) is 45.5 Å². The van der Waals surface area contributed by atoms with Crippen LogP contribution < -0.4 is 0 Å². The first-order valence-electron chi connectivity index (χ1n) is 6.42. The van der Waals surface area contributed by atoms with Crippen LogP contribution in [0.25, 0.3) is 11.2 Å². The molecule has 3 aromatic heterocycles. The highest BCUT2D eigenvalue weighted by Crippen LogP contribution is 2.21. The van der Waals surface area contributed by atoms with E-state index in [0.29, 0.717) is 18.0 Å². The molecule has 0 saturated carbocycles. The molecular formula is C14H14ClN3OS. The molecule has 0 radical (unpaired) electrons. The van der Waals surface area contributed by atoms with E-state index in [4.69, 9.17) is 16.7 Å². The van der Waals surface area contributed by atoms with Crippen LogP contribution in [0.3, 0.4) is 0 Å². The van der Waals surface area contributed by atoms with Gasteiger partial charge in [-0.2, -0.15) is 0 Å². The van der Waals surface area contributed by atoms with Gasteiger partial charge in [-0.3, -0.25) is 0 Å². The van der Waals surface area contributed by atoms with Crippen molar-refractivity contribution in [2.75, 3.05) is 6.61 Å². The molecule has 20 heavy (non-hydrogen) atoms. The fourth-order valence-electron chi connectivity index (χ4n) is 2.20.